The highest BCUT2D eigenvalue weighted by molar-refractivity contribution is 5.81. The van der Waals surface area contributed by atoms with E-state index in [-0.39, 0.29) is 11.9 Å². The first-order valence-corrected chi connectivity index (χ1v) is 8.53. The number of carbonyl (C=O) groups is 1. The van der Waals surface area contributed by atoms with Gasteiger partial charge in [0.25, 0.3) is 0 Å². The topological polar surface area (TPSA) is 32.3 Å². The monoisotopic (exact) mass is 298 g/mol. The maximum Gasteiger partial charge on any atom is 0.237 e. The van der Waals surface area contributed by atoms with E-state index in [1.165, 1.54) is 24.0 Å². The third-order valence-electron chi connectivity index (χ3n) is 5.01. The van der Waals surface area contributed by atoms with Gasteiger partial charge in [-0.05, 0) is 37.3 Å². The number of rotatable bonds is 4. The van der Waals surface area contributed by atoms with Crippen LogP contribution < -0.4 is 5.32 Å². The molecule has 3 rings (SSSR count). The maximum absolute atomic E-state index is 12.4. The van der Waals surface area contributed by atoms with E-state index in [1.54, 1.807) is 0 Å². The van der Waals surface area contributed by atoms with E-state index in [0.29, 0.717) is 6.04 Å². The van der Waals surface area contributed by atoms with Crippen molar-refractivity contribution in [3.8, 4) is 0 Å². The molecule has 1 aliphatic heterocycles. The van der Waals surface area contributed by atoms with Crippen molar-refractivity contribution in [1.29, 1.82) is 0 Å². The van der Waals surface area contributed by atoms with Crippen LogP contribution in [0.3, 0.4) is 0 Å². The van der Waals surface area contributed by atoms with Gasteiger partial charge < -0.3 is 5.32 Å². The Kier molecular flexibility index (Phi) is 4.94. The highest BCUT2D eigenvalue weighted by atomic mass is 16.2. The van der Waals surface area contributed by atoms with Crippen LogP contribution in [0.2, 0.25) is 0 Å². The number of nitrogens with zero attached hydrogens (tertiary/aromatic N) is 1. The zero-order valence-corrected chi connectivity index (χ0v) is 13.4. The molecule has 118 valence electrons. The fraction of sp³-hybridized carbons (Fsp3) is 0.526. The second kappa shape index (κ2) is 7.10. The van der Waals surface area contributed by atoms with Crippen LogP contribution in [-0.2, 0) is 4.79 Å². The van der Waals surface area contributed by atoms with Crippen molar-refractivity contribution in [2.24, 2.45) is 0 Å². The minimum absolute atomic E-state index is 0.0332. The summed E-state index contributed by atoms with van der Waals surface area (Å²) in [7, 11) is 0. The molecule has 2 aliphatic rings. The van der Waals surface area contributed by atoms with E-state index in [0.717, 1.165) is 32.4 Å². The lowest BCUT2D eigenvalue weighted by Crippen LogP contribution is -2.48. The van der Waals surface area contributed by atoms with Crippen molar-refractivity contribution in [1.82, 2.24) is 10.2 Å². The van der Waals surface area contributed by atoms with E-state index in [4.69, 9.17) is 0 Å². The minimum Gasteiger partial charge on any atom is -0.352 e. The van der Waals surface area contributed by atoms with Gasteiger partial charge in [0.1, 0.15) is 0 Å². The van der Waals surface area contributed by atoms with E-state index in [2.05, 4.69) is 46.6 Å². The lowest BCUT2D eigenvalue weighted by Gasteiger charge is -2.31. The summed E-state index contributed by atoms with van der Waals surface area (Å²) >= 11 is 0. The Balaban J connectivity index is 1.55. The number of nitrogens with one attached hydrogen (secondary N) is 1. The molecular weight excluding hydrogens is 272 g/mol. The molecule has 1 amide bonds. The predicted molar refractivity (Wildman–Crippen MR) is 90.5 cm³/mol. The molecule has 0 spiro atoms. The van der Waals surface area contributed by atoms with E-state index in [9.17, 15) is 4.79 Å². The van der Waals surface area contributed by atoms with Gasteiger partial charge in [0.2, 0.25) is 5.91 Å². The van der Waals surface area contributed by atoms with Crippen LogP contribution in [0.5, 0.6) is 0 Å². The zero-order valence-electron chi connectivity index (χ0n) is 13.4. The summed E-state index contributed by atoms with van der Waals surface area (Å²) in [6, 6.07) is 10.9. The fourth-order valence-corrected chi connectivity index (χ4v) is 3.51. The summed E-state index contributed by atoms with van der Waals surface area (Å²) in [5.74, 6) is 0.198. The molecule has 1 aliphatic carbocycles. The maximum atomic E-state index is 12.4. The van der Waals surface area contributed by atoms with Gasteiger partial charge in [0.15, 0.2) is 0 Å². The molecule has 1 heterocycles. The number of hydrogen-bond donors (Lipinski definition) is 1. The Morgan fingerprint density at radius 3 is 2.59 bits per heavy atom. The Morgan fingerprint density at radius 1 is 1.23 bits per heavy atom. The van der Waals surface area contributed by atoms with Crippen LogP contribution in [0.4, 0.5) is 0 Å². The molecule has 22 heavy (non-hydrogen) atoms. The quantitative estimate of drug-likeness (QED) is 0.925. The molecule has 1 atom stereocenters. The molecule has 0 bridgehead atoms. The molecule has 0 aromatic heterocycles. The minimum atomic E-state index is -0.0332. The molecule has 1 saturated carbocycles. The lowest BCUT2D eigenvalue weighted by atomic mass is 9.99. The van der Waals surface area contributed by atoms with Crippen molar-refractivity contribution in [3.63, 3.8) is 0 Å². The number of benzene rings is 1. The standard InChI is InChI=1S/C19H26N2O/c1-15(19(22)20-18-9-5-6-10-18)21-13-11-17(12-14-21)16-7-3-2-4-8-16/h2-4,7-8,11,15,18H,5-6,9-10,12-14H2,1H3,(H,20,22)/t15-/m1/s1. The van der Waals surface area contributed by atoms with Crippen molar-refractivity contribution in [2.45, 2.75) is 51.1 Å². The lowest BCUT2D eigenvalue weighted by molar-refractivity contribution is -0.126. The number of amides is 1. The van der Waals surface area contributed by atoms with Gasteiger partial charge in [0.05, 0.1) is 6.04 Å². The predicted octanol–water partition coefficient (Wildman–Crippen LogP) is 3.22. The van der Waals surface area contributed by atoms with Crippen LogP contribution in [-0.4, -0.2) is 36.0 Å². The average Bonchev–Trinajstić information content (AvgIpc) is 3.08. The SMILES string of the molecule is C[C@H](C(=O)NC1CCCC1)N1CC=C(c2ccccc2)CC1. The van der Waals surface area contributed by atoms with Crippen LogP contribution in [0.25, 0.3) is 5.57 Å². The van der Waals surface area contributed by atoms with Gasteiger partial charge >= 0.3 is 0 Å². The third-order valence-corrected chi connectivity index (χ3v) is 5.01. The molecule has 3 nitrogen and oxygen atoms in total. The molecule has 1 fully saturated rings. The van der Waals surface area contributed by atoms with Crippen molar-refractivity contribution < 1.29 is 4.79 Å². The van der Waals surface area contributed by atoms with E-state index in [1.807, 2.05) is 6.92 Å². The largest absolute Gasteiger partial charge is 0.352 e. The molecule has 3 heteroatoms. The summed E-state index contributed by atoms with van der Waals surface area (Å²) < 4.78 is 0. The van der Waals surface area contributed by atoms with Crippen molar-refractivity contribution >= 4 is 11.5 Å². The van der Waals surface area contributed by atoms with Gasteiger partial charge in [-0.15, -0.1) is 0 Å². The molecule has 1 aromatic rings. The molecule has 0 saturated heterocycles. The van der Waals surface area contributed by atoms with Crippen LogP contribution in [0.15, 0.2) is 36.4 Å². The van der Waals surface area contributed by atoms with Crippen molar-refractivity contribution in [2.75, 3.05) is 13.1 Å². The summed E-state index contributed by atoms with van der Waals surface area (Å²) in [5, 5.41) is 3.22. The van der Waals surface area contributed by atoms with Gasteiger partial charge in [0, 0.05) is 19.1 Å². The van der Waals surface area contributed by atoms with E-state index < -0.39 is 0 Å². The van der Waals surface area contributed by atoms with E-state index >= 15 is 0 Å². The summed E-state index contributed by atoms with van der Waals surface area (Å²) in [4.78, 5) is 14.7. The van der Waals surface area contributed by atoms with Crippen LogP contribution in [0.1, 0.15) is 44.6 Å². The molecule has 0 radical (unpaired) electrons. The van der Waals surface area contributed by atoms with Gasteiger partial charge in [-0.2, -0.15) is 0 Å². The molecular formula is C19H26N2O. The Hall–Kier alpha value is -1.61. The zero-order chi connectivity index (χ0) is 15.4. The highest BCUT2D eigenvalue weighted by Gasteiger charge is 2.26. The Morgan fingerprint density at radius 2 is 1.95 bits per heavy atom. The average molecular weight is 298 g/mol. The number of carbonyl (C=O) groups excluding carboxylic acids is 1. The first kappa shape index (κ1) is 15.3. The Bertz CT molecular complexity index is 532. The molecule has 0 unspecified atom stereocenters. The second-order valence-electron chi connectivity index (χ2n) is 6.51. The summed E-state index contributed by atoms with van der Waals surface area (Å²) in [5.41, 5.74) is 2.71. The molecule has 1 N–H and O–H groups in total. The first-order chi connectivity index (χ1) is 10.7. The van der Waals surface area contributed by atoms with Crippen LogP contribution >= 0.6 is 0 Å². The summed E-state index contributed by atoms with van der Waals surface area (Å²) in [6.45, 7) is 3.86. The first-order valence-electron chi connectivity index (χ1n) is 8.53. The van der Waals surface area contributed by atoms with Gasteiger partial charge in [-0.3, -0.25) is 9.69 Å². The van der Waals surface area contributed by atoms with Gasteiger partial charge in [-0.25, -0.2) is 0 Å². The Labute approximate surface area is 133 Å². The fourth-order valence-electron chi connectivity index (χ4n) is 3.51. The second-order valence-corrected chi connectivity index (χ2v) is 6.51. The summed E-state index contributed by atoms with van der Waals surface area (Å²) in [6.07, 6.45) is 8.11. The molecule has 1 aromatic carbocycles. The smallest absolute Gasteiger partial charge is 0.237 e. The highest BCUT2D eigenvalue weighted by Crippen LogP contribution is 2.23. The number of hydrogen-bond acceptors (Lipinski definition) is 2. The van der Waals surface area contributed by atoms with Crippen molar-refractivity contribution in [3.05, 3.63) is 42.0 Å². The van der Waals surface area contributed by atoms with Gasteiger partial charge in [-0.1, -0.05) is 49.2 Å². The normalized spacial score (nSPS) is 21.4. The third kappa shape index (κ3) is 3.58. The van der Waals surface area contributed by atoms with Crippen LogP contribution in [0, 0.1) is 0 Å².